The Hall–Kier alpha value is -2.84. The molecule has 8 heteroatoms. The van der Waals surface area contributed by atoms with E-state index < -0.39 is 5.91 Å². The van der Waals surface area contributed by atoms with Crippen molar-refractivity contribution in [3.63, 3.8) is 0 Å². The van der Waals surface area contributed by atoms with E-state index >= 15 is 0 Å². The van der Waals surface area contributed by atoms with Crippen LogP contribution in [-0.4, -0.2) is 46.3 Å². The van der Waals surface area contributed by atoms with E-state index in [1.807, 2.05) is 17.5 Å². The van der Waals surface area contributed by atoms with Crippen LogP contribution in [0.15, 0.2) is 41.4 Å². The summed E-state index contributed by atoms with van der Waals surface area (Å²) in [6, 6.07) is 8.55. The van der Waals surface area contributed by atoms with Crippen molar-refractivity contribution in [2.24, 2.45) is 0 Å². The lowest BCUT2D eigenvalue weighted by molar-refractivity contribution is -0.117. The Morgan fingerprint density at radius 1 is 1.11 bits per heavy atom. The number of thiophene rings is 1. The Morgan fingerprint density at radius 2 is 1.89 bits per heavy atom. The highest BCUT2D eigenvalue weighted by molar-refractivity contribution is 7.10. The van der Waals surface area contributed by atoms with Crippen LogP contribution in [0.4, 0.5) is 0 Å². The van der Waals surface area contributed by atoms with Crippen LogP contribution in [0.3, 0.4) is 0 Å². The van der Waals surface area contributed by atoms with E-state index in [1.165, 1.54) is 25.6 Å². The number of rotatable bonds is 10. The van der Waals surface area contributed by atoms with Gasteiger partial charge in [0.25, 0.3) is 11.8 Å². The molecule has 0 aliphatic heterocycles. The van der Waals surface area contributed by atoms with Gasteiger partial charge in [-0.2, -0.15) is 0 Å². The molecule has 0 aliphatic rings. The number of carbonyl (C=O) groups is 2. The van der Waals surface area contributed by atoms with E-state index in [0.29, 0.717) is 36.6 Å². The third-order valence-electron chi connectivity index (χ3n) is 3.78. The lowest BCUT2D eigenvalue weighted by atomic mass is 10.1. The van der Waals surface area contributed by atoms with Crippen molar-refractivity contribution in [1.82, 2.24) is 10.6 Å². The number of amides is 2. The number of ether oxygens (including phenoxy) is 3. The molecule has 0 spiro atoms. The second-order valence-corrected chi connectivity index (χ2v) is 6.68. The number of nitrogens with one attached hydrogen (secondary N) is 2. The topological polar surface area (TPSA) is 85.9 Å². The summed E-state index contributed by atoms with van der Waals surface area (Å²) in [6.45, 7) is 0.989. The van der Waals surface area contributed by atoms with Gasteiger partial charge in [-0.1, -0.05) is 6.07 Å². The molecule has 2 rings (SSSR count). The first kappa shape index (κ1) is 21.5. The molecular formula is C20H24N2O5S. The van der Waals surface area contributed by atoms with Crippen molar-refractivity contribution in [3.8, 4) is 11.5 Å². The van der Waals surface area contributed by atoms with Gasteiger partial charge in [-0.25, -0.2) is 0 Å². The number of hydrogen-bond donors (Lipinski definition) is 2. The first-order valence-corrected chi connectivity index (χ1v) is 9.52. The zero-order valence-electron chi connectivity index (χ0n) is 16.1. The van der Waals surface area contributed by atoms with Crippen molar-refractivity contribution in [3.05, 3.63) is 51.8 Å². The predicted molar refractivity (Wildman–Crippen MR) is 109 cm³/mol. The summed E-state index contributed by atoms with van der Waals surface area (Å²) in [5, 5.41) is 7.37. The van der Waals surface area contributed by atoms with Gasteiger partial charge in [-0.3, -0.25) is 9.59 Å². The lowest BCUT2D eigenvalue weighted by Crippen LogP contribution is -2.35. The smallest absolute Gasteiger partial charge is 0.267 e. The largest absolute Gasteiger partial charge is 0.493 e. The Morgan fingerprint density at radius 3 is 2.54 bits per heavy atom. The minimum Gasteiger partial charge on any atom is -0.493 e. The van der Waals surface area contributed by atoms with Crippen molar-refractivity contribution < 1.29 is 23.8 Å². The highest BCUT2D eigenvalue weighted by Crippen LogP contribution is 2.27. The van der Waals surface area contributed by atoms with Crippen LogP contribution in [0.25, 0.3) is 6.08 Å². The molecular weight excluding hydrogens is 380 g/mol. The first-order valence-electron chi connectivity index (χ1n) is 8.64. The predicted octanol–water partition coefficient (Wildman–Crippen LogP) is 2.69. The molecule has 0 atom stereocenters. The Labute approximate surface area is 168 Å². The molecule has 0 unspecified atom stereocenters. The summed E-state index contributed by atoms with van der Waals surface area (Å²) in [4.78, 5) is 26.1. The zero-order chi connectivity index (χ0) is 20.4. The van der Waals surface area contributed by atoms with Crippen LogP contribution in [-0.2, 0) is 9.53 Å². The maximum absolute atomic E-state index is 12.7. The van der Waals surface area contributed by atoms with Crippen molar-refractivity contribution >= 4 is 29.2 Å². The van der Waals surface area contributed by atoms with Gasteiger partial charge in [0.1, 0.15) is 5.70 Å². The van der Waals surface area contributed by atoms with Gasteiger partial charge in [0.15, 0.2) is 11.5 Å². The Bertz CT molecular complexity index is 818. The molecule has 28 heavy (non-hydrogen) atoms. The van der Waals surface area contributed by atoms with Gasteiger partial charge < -0.3 is 24.8 Å². The van der Waals surface area contributed by atoms with Gasteiger partial charge in [0.05, 0.1) is 14.2 Å². The monoisotopic (exact) mass is 404 g/mol. The zero-order valence-corrected chi connectivity index (χ0v) is 16.9. The van der Waals surface area contributed by atoms with Crippen LogP contribution in [0.5, 0.6) is 11.5 Å². The molecule has 150 valence electrons. The van der Waals surface area contributed by atoms with Gasteiger partial charge in [0, 0.05) is 30.7 Å². The number of carbonyl (C=O) groups excluding carboxylic acids is 2. The minimum atomic E-state index is -0.421. The summed E-state index contributed by atoms with van der Waals surface area (Å²) in [5.74, 6) is 0.168. The molecule has 2 N–H and O–H groups in total. The average molecular weight is 404 g/mol. The fraction of sp³-hybridized carbons (Fsp3) is 0.300. The Kier molecular flexibility index (Phi) is 8.51. The first-order chi connectivity index (χ1) is 13.6. The maximum atomic E-state index is 12.7. The second kappa shape index (κ2) is 11.1. The SMILES string of the molecule is COCCCNC(=O)/C(=C/c1cccs1)NC(=O)c1ccc(OC)c(OC)c1. The summed E-state index contributed by atoms with van der Waals surface area (Å²) in [7, 11) is 4.62. The van der Waals surface area contributed by atoms with Crippen LogP contribution >= 0.6 is 11.3 Å². The van der Waals surface area contributed by atoms with E-state index in [0.717, 1.165) is 4.88 Å². The van der Waals surface area contributed by atoms with Crippen LogP contribution in [0, 0.1) is 0 Å². The molecule has 1 heterocycles. The minimum absolute atomic E-state index is 0.166. The molecule has 2 amide bonds. The molecule has 1 aromatic heterocycles. The second-order valence-electron chi connectivity index (χ2n) is 5.70. The van der Waals surface area contributed by atoms with Crippen LogP contribution < -0.4 is 20.1 Å². The van der Waals surface area contributed by atoms with Crippen molar-refractivity contribution in [2.75, 3.05) is 34.5 Å². The van der Waals surface area contributed by atoms with Crippen molar-refractivity contribution in [2.45, 2.75) is 6.42 Å². The maximum Gasteiger partial charge on any atom is 0.267 e. The quantitative estimate of drug-likeness (QED) is 0.470. The fourth-order valence-electron chi connectivity index (χ4n) is 2.36. The number of benzene rings is 1. The van der Waals surface area contributed by atoms with E-state index in [1.54, 1.807) is 31.4 Å². The van der Waals surface area contributed by atoms with Crippen molar-refractivity contribution in [1.29, 1.82) is 0 Å². The summed E-state index contributed by atoms with van der Waals surface area (Å²) < 4.78 is 15.4. The highest BCUT2D eigenvalue weighted by Gasteiger charge is 2.16. The highest BCUT2D eigenvalue weighted by atomic mass is 32.1. The summed E-state index contributed by atoms with van der Waals surface area (Å²) >= 11 is 1.47. The molecule has 0 aliphatic carbocycles. The van der Waals surface area contributed by atoms with Crippen LogP contribution in [0.1, 0.15) is 21.7 Å². The van der Waals surface area contributed by atoms with Gasteiger partial charge >= 0.3 is 0 Å². The molecule has 0 fully saturated rings. The number of hydrogen-bond acceptors (Lipinski definition) is 6. The lowest BCUT2D eigenvalue weighted by Gasteiger charge is -2.12. The molecule has 0 bridgehead atoms. The molecule has 0 radical (unpaired) electrons. The average Bonchev–Trinajstić information content (AvgIpc) is 3.23. The van der Waals surface area contributed by atoms with Crippen LogP contribution in [0.2, 0.25) is 0 Å². The standard InChI is InChI=1S/C20H24N2O5S/c1-25-10-5-9-21-20(24)16(13-15-6-4-11-28-15)22-19(23)14-7-8-17(26-2)18(12-14)27-3/h4,6-8,11-13H,5,9-10H2,1-3H3,(H,21,24)(H,22,23)/b16-13-. The van der Waals surface area contributed by atoms with Gasteiger partial charge in [-0.05, 0) is 42.1 Å². The van der Waals surface area contributed by atoms with E-state index in [2.05, 4.69) is 10.6 Å². The molecule has 2 aromatic rings. The van der Waals surface area contributed by atoms with Gasteiger partial charge in [-0.15, -0.1) is 11.3 Å². The van der Waals surface area contributed by atoms with E-state index in [-0.39, 0.29) is 11.6 Å². The van der Waals surface area contributed by atoms with E-state index in [9.17, 15) is 9.59 Å². The Balaban J connectivity index is 2.17. The van der Waals surface area contributed by atoms with E-state index in [4.69, 9.17) is 14.2 Å². The number of methoxy groups -OCH3 is 3. The summed E-state index contributed by atoms with van der Waals surface area (Å²) in [6.07, 6.45) is 2.33. The molecule has 0 saturated heterocycles. The molecule has 1 aromatic carbocycles. The van der Waals surface area contributed by atoms with Gasteiger partial charge in [0.2, 0.25) is 0 Å². The normalized spacial score (nSPS) is 11.0. The third-order valence-corrected chi connectivity index (χ3v) is 4.60. The molecule has 0 saturated carbocycles. The molecule has 7 nitrogen and oxygen atoms in total. The fourth-order valence-corrected chi connectivity index (χ4v) is 3.02. The summed E-state index contributed by atoms with van der Waals surface area (Å²) in [5.41, 5.74) is 0.515. The third kappa shape index (κ3) is 6.11.